The van der Waals surface area contributed by atoms with Crippen LogP contribution in [-0.2, 0) is 11.3 Å². The summed E-state index contributed by atoms with van der Waals surface area (Å²) in [7, 11) is 0. The van der Waals surface area contributed by atoms with Gasteiger partial charge in [0.05, 0.1) is 12.2 Å². The predicted octanol–water partition coefficient (Wildman–Crippen LogP) is 1.31. The average molecular weight is 280 g/mol. The van der Waals surface area contributed by atoms with E-state index in [1.165, 1.54) is 11.5 Å². The van der Waals surface area contributed by atoms with Crippen molar-refractivity contribution >= 4 is 5.91 Å². The number of rotatable bonds is 3. The molecule has 20 heavy (non-hydrogen) atoms. The highest BCUT2D eigenvalue weighted by Crippen LogP contribution is 2.27. The number of carbonyl (C=O) groups is 1. The third-order valence-corrected chi connectivity index (χ3v) is 3.93. The summed E-state index contributed by atoms with van der Waals surface area (Å²) in [5.41, 5.74) is 2.16. The molecule has 2 saturated heterocycles. The Labute approximate surface area is 116 Å². The van der Waals surface area contributed by atoms with Gasteiger partial charge in [-0.15, -0.1) is 0 Å². The summed E-state index contributed by atoms with van der Waals surface area (Å²) in [5.74, 6) is -1.13. The highest BCUT2D eigenvalue weighted by molar-refractivity contribution is 5.93. The Bertz CT molecular complexity index is 511. The third kappa shape index (κ3) is 2.67. The normalized spacial score (nSPS) is 25.7. The number of nitrogens with zero attached hydrogens (tertiary/aromatic N) is 1. The fraction of sp³-hybridized carbons (Fsp3) is 0.500. The van der Waals surface area contributed by atoms with Crippen molar-refractivity contribution < 1.29 is 19.1 Å². The molecule has 1 amide bonds. The molecular weight excluding hydrogens is 263 g/mol. The molecule has 5 nitrogen and oxygen atoms in total. The van der Waals surface area contributed by atoms with Crippen LogP contribution in [0.3, 0.4) is 0 Å². The van der Waals surface area contributed by atoms with Gasteiger partial charge < -0.3 is 4.74 Å². The Morgan fingerprint density at radius 2 is 2.10 bits per heavy atom. The van der Waals surface area contributed by atoms with Crippen molar-refractivity contribution in [3.05, 3.63) is 35.1 Å². The molecule has 2 N–H and O–H groups in total. The van der Waals surface area contributed by atoms with Gasteiger partial charge in [0.2, 0.25) is 0 Å². The van der Waals surface area contributed by atoms with Crippen LogP contribution in [0.2, 0.25) is 0 Å². The molecule has 2 bridgehead atoms. The second kappa shape index (κ2) is 5.47. The molecule has 108 valence electrons. The number of hydrogen-bond donors (Lipinski definition) is 2. The van der Waals surface area contributed by atoms with Gasteiger partial charge in [0.25, 0.3) is 5.91 Å². The topological polar surface area (TPSA) is 61.8 Å². The van der Waals surface area contributed by atoms with E-state index in [2.05, 4.69) is 4.90 Å². The van der Waals surface area contributed by atoms with Gasteiger partial charge in [-0.25, -0.2) is 9.87 Å². The van der Waals surface area contributed by atoms with Crippen LogP contribution in [0.5, 0.6) is 0 Å². The number of carbonyl (C=O) groups excluding carboxylic acids is 1. The van der Waals surface area contributed by atoms with E-state index < -0.39 is 11.7 Å². The van der Waals surface area contributed by atoms with E-state index in [-0.39, 0.29) is 17.8 Å². The Kier molecular flexibility index (Phi) is 3.69. The number of morpholine rings is 1. The molecule has 0 aliphatic carbocycles. The molecule has 3 rings (SSSR count). The van der Waals surface area contributed by atoms with Crippen LogP contribution in [-0.4, -0.2) is 41.3 Å². The summed E-state index contributed by atoms with van der Waals surface area (Å²) < 4.78 is 19.7. The van der Waals surface area contributed by atoms with Crippen molar-refractivity contribution in [1.29, 1.82) is 0 Å². The largest absolute Gasteiger partial charge is 0.372 e. The summed E-state index contributed by atoms with van der Waals surface area (Å²) in [6.07, 6.45) is 2.71. The van der Waals surface area contributed by atoms with E-state index in [4.69, 9.17) is 9.94 Å². The van der Waals surface area contributed by atoms with Gasteiger partial charge in [0.1, 0.15) is 5.82 Å². The van der Waals surface area contributed by atoms with Crippen LogP contribution in [0.25, 0.3) is 0 Å². The molecule has 0 aromatic heterocycles. The Hall–Kier alpha value is -1.50. The highest BCUT2D eigenvalue weighted by Gasteiger charge is 2.33. The molecule has 2 atom stereocenters. The van der Waals surface area contributed by atoms with Crippen LogP contribution in [0.1, 0.15) is 28.8 Å². The lowest BCUT2D eigenvalue weighted by Gasteiger charge is -2.32. The summed E-state index contributed by atoms with van der Waals surface area (Å²) in [6, 6.07) is 4.26. The van der Waals surface area contributed by atoms with Crippen LogP contribution >= 0.6 is 0 Å². The van der Waals surface area contributed by atoms with E-state index in [0.29, 0.717) is 12.1 Å². The van der Waals surface area contributed by atoms with Crippen molar-refractivity contribution in [2.24, 2.45) is 0 Å². The number of benzene rings is 1. The molecule has 1 aromatic rings. The van der Waals surface area contributed by atoms with Gasteiger partial charge in [-0.3, -0.25) is 14.9 Å². The number of ether oxygens (including phenoxy) is 1. The fourth-order valence-electron chi connectivity index (χ4n) is 2.95. The van der Waals surface area contributed by atoms with E-state index in [1.54, 1.807) is 6.07 Å². The monoisotopic (exact) mass is 280 g/mol. The number of amides is 1. The van der Waals surface area contributed by atoms with Crippen molar-refractivity contribution in [3.8, 4) is 0 Å². The molecule has 2 heterocycles. The Balaban J connectivity index is 1.70. The number of hydrogen-bond acceptors (Lipinski definition) is 4. The van der Waals surface area contributed by atoms with Crippen molar-refractivity contribution in [2.45, 2.75) is 31.6 Å². The lowest BCUT2D eigenvalue weighted by Crippen LogP contribution is -2.42. The van der Waals surface area contributed by atoms with E-state index in [9.17, 15) is 9.18 Å². The third-order valence-electron chi connectivity index (χ3n) is 3.93. The summed E-state index contributed by atoms with van der Waals surface area (Å²) >= 11 is 0. The minimum atomic E-state index is -0.708. The molecule has 1 aromatic carbocycles. The first-order valence-electron chi connectivity index (χ1n) is 6.76. The van der Waals surface area contributed by atoms with E-state index in [1.807, 2.05) is 0 Å². The lowest BCUT2D eigenvalue weighted by atomic mass is 10.1. The highest BCUT2D eigenvalue weighted by atomic mass is 19.1. The standard InChI is InChI=1S/C14H17FN2O3/c15-13-5-9(14(18)16-19)1-2-10(13)6-17-7-11-3-4-12(8-17)20-11/h1-2,5,11-12,19H,3-4,6-8H2,(H,16,18). The molecule has 2 aliphatic heterocycles. The van der Waals surface area contributed by atoms with Crippen molar-refractivity contribution in [3.63, 3.8) is 0 Å². The van der Waals surface area contributed by atoms with Gasteiger partial charge in [-0.1, -0.05) is 6.07 Å². The molecule has 2 fully saturated rings. The second-order valence-electron chi connectivity index (χ2n) is 5.40. The van der Waals surface area contributed by atoms with Crippen molar-refractivity contribution in [2.75, 3.05) is 13.1 Å². The van der Waals surface area contributed by atoms with Gasteiger partial charge in [-0.05, 0) is 25.0 Å². The minimum absolute atomic E-state index is 0.107. The molecule has 2 aliphatic rings. The van der Waals surface area contributed by atoms with Crippen LogP contribution < -0.4 is 5.48 Å². The first-order chi connectivity index (χ1) is 9.65. The number of halogens is 1. The first-order valence-corrected chi connectivity index (χ1v) is 6.76. The number of hydroxylamine groups is 1. The van der Waals surface area contributed by atoms with Crippen LogP contribution in [0.15, 0.2) is 18.2 Å². The first kappa shape index (κ1) is 13.5. The Morgan fingerprint density at radius 3 is 2.70 bits per heavy atom. The zero-order chi connectivity index (χ0) is 14.1. The van der Waals surface area contributed by atoms with Gasteiger partial charge >= 0.3 is 0 Å². The zero-order valence-electron chi connectivity index (χ0n) is 11.0. The fourth-order valence-corrected chi connectivity index (χ4v) is 2.95. The van der Waals surface area contributed by atoms with Crippen molar-refractivity contribution in [1.82, 2.24) is 10.4 Å². The maximum absolute atomic E-state index is 14.0. The van der Waals surface area contributed by atoms with E-state index >= 15 is 0 Å². The number of likely N-dealkylation sites (tertiary alicyclic amines) is 1. The van der Waals surface area contributed by atoms with Gasteiger partial charge in [0, 0.05) is 30.8 Å². The lowest BCUT2D eigenvalue weighted by molar-refractivity contribution is -0.0413. The minimum Gasteiger partial charge on any atom is -0.372 e. The Morgan fingerprint density at radius 1 is 1.40 bits per heavy atom. The number of nitrogens with one attached hydrogen (secondary N) is 1. The molecule has 0 radical (unpaired) electrons. The van der Waals surface area contributed by atoms with Gasteiger partial charge in [-0.2, -0.15) is 0 Å². The average Bonchev–Trinajstić information content (AvgIpc) is 2.79. The smallest absolute Gasteiger partial charge is 0.274 e. The summed E-state index contributed by atoms with van der Waals surface area (Å²) in [4.78, 5) is 13.4. The zero-order valence-corrected chi connectivity index (χ0v) is 11.0. The maximum atomic E-state index is 14.0. The molecule has 0 saturated carbocycles. The molecule has 0 spiro atoms. The second-order valence-corrected chi connectivity index (χ2v) is 5.40. The van der Waals surface area contributed by atoms with E-state index in [0.717, 1.165) is 32.0 Å². The molecule has 2 unspecified atom stereocenters. The van der Waals surface area contributed by atoms with Crippen LogP contribution in [0, 0.1) is 5.82 Å². The molecule has 6 heteroatoms. The van der Waals surface area contributed by atoms with Gasteiger partial charge in [0.15, 0.2) is 0 Å². The predicted molar refractivity (Wildman–Crippen MR) is 68.8 cm³/mol. The summed E-state index contributed by atoms with van der Waals surface area (Å²) in [5, 5.41) is 8.53. The SMILES string of the molecule is O=C(NO)c1ccc(CN2CC3CCC(C2)O3)c(F)c1. The maximum Gasteiger partial charge on any atom is 0.274 e. The summed E-state index contributed by atoms with van der Waals surface area (Å²) in [6.45, 7) is 2.17. The quantitative estimate of drug-likeness (QED) is 0.647. The number of fused-ring (bicyclic) bond motifs is 2. The molecular formula is C14H17FN2O3. The van der Waals surface area contributed by atoms with Crippen LogP contribution in [0.4, 0.5) is 4.39 Å².